The Balaban J connectivity index is 2.18. The number of methoxy groups -OCH3 is 2. The Kier molecular flexibility index (Phi) is 5.68. The second kappa shape index (κ2) is 7.92. The number of nitrogens with one attached hydrogen (secondary N) is 1. The Labute approximate surface area is 139 Å². The standard InChI is InChI=1S/C18H17NO5/c1-23-17(21)14-10-8-13(9-11-14)16(20)19-15(18(22)24-2)12-6-4-3-5-7-12/h3-11,15H,1-2H3,(H,19,20). The van der Waals surface area contributed by atoms with Gasteiger partial charge in [0.2, 0.25) is 0 Å². The second-order valence-electron chi connectivity index (χ2n) is 4.91. The first kappa shape index (κ1) is 17.2. The van der Waals surface area contributed by atoms with Crippen LogP contribution < -0.4 is 5.32 Å². The van der Waals surface area contributed by atoms with Gasteiger partial charge in [0, 0.05) is 5.56 Å². The van der Waals surface area contributed by atoms with E-state index in [0.29, 0.717) is 16.7 Å². The molecular formula is C18H17NO5. The zero-order valence-electron chi connectivity index (χ0n) is 13.3. The van der Waals surface area contributed by atoms with Crippen molar-refractivity contribution in [1.82, 2.24) is 5.32 Å². The highest BCUT2D eigenvalue weighted by Gasteiger charge is 2.24. The highest BCUT2D eigenvalue weighted by molar-refractivity contribution is 5.98. The third-order valence-electron chi connectivity index (χ3n) is 3.41. The second-order valence-corrected chi connectivity index (χ2v) is 4.91. The summed E-state index contributed by atoms with van der Waals surface area (Å²) in [6.07, 6.45) is 0. The van der Waals surface area contributed by atoms with Gasteiger partial charge in [-0.25, -0.2) is 9.59 Å². The van der Waals surface area contributed by atoms with Crippen molar-refractivity contribution in [2.75, 3.05) is 14.2 Å². The van der Waals surface area contributed by atoms with Gasteiger partial charge in [0.1, 0.15) is 0 Å². The topological polar surface area (TPSA) is 81.7 Å². The quantitative estimate of drug-likeness (QED) is 0.851. The van der Waals surface area contributed by atoms with Crippen molar-refractivity contribution in [3.05, 3.63) is 71.3 Å². The molecule has 0 aliphatic carbocycles. The SMILES string of the molecule is COC(=O)c1ccc(C(=O)NC(C(=O)OC)c2ccccc2)cc1. The van der Waals surface area contributed by atoms with Gasteiger partial charge < -0.3 is 14.8 Å². The van der Waals surface area contributed by atoms with Gasteiger partial charge >= 0.3 is 11.9 Å². The Bertz CT molecular complexity index is 725. The van der Waals surface area contributed by atoms with Crippen molar-refractivity contribution < 1.29 is 23.9 Å². The lowest BCUT2D eigenvalue weighted by molar-refractivity contribution is -0.143. The molecule has 0 radical (unpaired) electrons. The van der Waals surface area contributed by atoms with Crippen LogP contribution in [0, 0.1) is 0 Å². The van der Waals surface area contributed by atoms with Gasteiger partial charge in [-0.15, -0.1) is 0 Å². The molecule has 0 spiro atoms. The minimum absolute atomic E-state index is 0.312. The van der Waals surface area contributed by atoms with E-state index in [-0.39, 0.29) is 0 Å². The first-order valence-electron chi connectivity index (χ1n) is 7.19. The molecule has 0 saturated carbocycles. The largest absolute Gasteiger partial charge is 0.467 e. The number of esters is 2. The molecule has 0 aliphatic heterocycles. The fraction of sp³-hybridized carbons (Fsp3) is 0.167. The lowest BCUT2D eigenvalue weighted by Crippen LogP contribution is -2.34. The summed E-state index contributed by atoms with van der Waals surface area (Å²) in [5.41, 5.74) is 1.26. The van der Waals surface area contributed by atoms with E-state index in [2.05, 4.69) is 10.1 Å². The number of carbonyl (C=O) groups is 3. The van der Waals surface area contributed by atoms with E-state index < -0.39 is 23.9 Å². The zero-order chi connectivity index (χ0) is 17.5. The smallest absolute Gasteiger partial charge is 0.337 e. The third-order valence-corrected chi connectivity index (χ3v) is 3.41. The summed E-state index contributed by atoms with van der Waals surface area (Å²) in [6, 6.07) is 13.8. The van der Waals surface area contributed by atoms with Crippen molar-refractivity contribution in [1.29, 1.82) is 0 Å². The molecule has 0 heterocycles. The van der Waals surface area contributed by atoms with E-state index in [1.807, 2.05) is 6.07 Å². The molecule has 2 rings (SSSR count). The number of carbonyl (C=O) groups excluding carboxylic acids is 3. The minimum Gasteiger partial charge on any atom is -0.467 e. The molecule has 0 saturated heterocycles. The Morgan fingerprint density at radius 2 is 1.42 bits per heavy atom. The highest BCUT2D eigenvalue weighted by Crippen LogP contribution is 2.15. The van der Waals surface area contributed by atoms with Crippen LogP contribution in [0.4, 0.5) is 0 Å². The van der Waals surface area contributed by atoms with E-state index in [1.54, 1.807) is 24.3 Å². The van der Waals surface area contributed by atoms with Crippen LogP contribution in [0.5, 0.6) is 0 Å². The molecule has 1 atom stereocenters. The Hall–Kier alpha value is -3.15. The van der Waals surface area contributed by atoms with Crippen molar-refractivity contribution in [2.45, 2.75) is 6.04 Å². The fourth-order valence-corrected chi connectivity index (χ4v) is 2.13. The third kappa shape index (κ3) is 3.98. The van der Waals surface area contributed by atoms with Crippen LogP contribution >= 0.6 is 0 Å². The van der Waals surface area contributed by atoms with E-state index in [9.17, 15) is 14.4 Å². The van der Waals surface area contributed by atoms with Crippen LogP contribution in [-0.4, -0.2) is 32.1 Å². The molecule has 0 bridgehead atoms. The first-order chi connectivity index (χ1) is 11.6. The lowest BCUT2D eigenvalue weighted by atomic mass is 10.1. The van der Waals surface area contributed by atoms with Gasteiger partial charge in [-0.05, 0) is 29.8 Å². The maximum atomic E-state index is 12.4. The summed E-state index contributed by atoms with van der Waals surface area (Å²) >= 11 is 0. The maximum Gasteiger partial charge on any atom is 0.337 e. The number of amides is 1. The van der Waals surface area contributed by atoms with Crippen LogP contribution in [-0.2, 0) is 14.3 Å². The average molecular weight is 327 g/mol. The van der Waals surface area contributed by atoms with Gasteiger partial charge in [0.15, 0.2) is 6.04 Å². The number of ether oxygens (including phenoxy) is 2. The summed E-state index contributed by atoms with van der Waals surface area (Å²) in [5, 5.41) is 2.63. The van der Waals surface area contributed by atoms with Gasteiger partial charge in [0.25, 0.3) is 5.91 Å². The van der Waals surface area contributed by atoms with Crippen LogP contribution in [0.1, 0.15) is 32.3 Å². The number of benzene rings is 2. The van der Waals surface area contributed by atoms with Crippen LogP contribution in [0.25, 0.3) is 0 Å². The summed E-state index contributed by atoms with van der Waals surface area (Å²) in [4.78, 5) is 35.7. The normalized spacial score (nSPS) is 11.2. The van der Waals surface area contributed by atoms with Gasteiger partial charge in [-0.1, -0.05) is 30.3 Å². The van der Waals surface area contributed by atoms with Gasteiger partial charge in [-0.2, -0.15) is 0 Å². The number of hydrogen-bond donors (Lipinski definition) is 1. The van der Waals surface area contributed by atoms with Crippen LogP contribution in [0.3, 0.4) is 0 Å². The molecule has 1 N–H and O–H groups in total. The van der Waals surface area contributed by atoms with E-state index in [1.165, 1.54) is 38.5 Å². The van der Waals surface area contributed by atoms with Crippen LogP contribution in [0.15, 0.2) is 54.6 Å². The van der Waals surface area contributed by atoms with Crippen molar-refractivity contribution in [3.8, 4) is 0 Å². The fourth-order valence-electron chi connectivity index (χ4n) is 2.13. The summed E-state index contributed by atoms with van der Waals surface area (Å²) in [6.45, 7) is 0. The Morgan fingerprint density at radius 1 is 0.833 bits per heavy atom. The summed E-state index contributed by atoms with van der Waals surface area (Å²) < 4.78 is 9.36. The molecule has 6 heteroatoms. The molecule has 0 fully saturated rings. The molecule has 124 valence electrons. The minimum atomic E-state index is -0.913. The zero-order valence-corrected chi connectivity index (χ0v) is 13.3. The molecule has 0 aromatic heterocycles. The molecule has 1 unspecified atom stereocenters. The highest BCUT2D eigenvalue weighted by atomic mass is 16.5. The van der Waals surface area contributed by atoms with Crippen molar-refractivity contribution in [2.24, 2.45) is 0 Å². The maximum absolute atomic E-state index is 12.4. The first-order valence-corrected chi connectivity index (χ1v) is 7.19. The molecular weight excluding hydrogens is 310 g/mol. The van der Waals surface area contributed by atoms with E-state index in [4.69, 9.17) is 4.74 Å². The summed E-state index contributed by atoms with van der Waals surface area (Å²) in [7, 11) is 2.54. The molecule has 2 aromatic carbocycles. The average Bonchev–Trinajstić information content (AvgIpc) is 2.65. The van der Waals surface area contributed by atoms with Crippen LogP contribution in [0.2, 0.25) is 0 Å². The predicted molar refractivity (Wildman–Crippen MR) is 86.4 cm³/mol. The van der Waals surface area contributed by atoms with E-state index >= 15 is 0 Å². The number of hydrogen-bond acceptors (Lipinski definition) is 5. The van der Waals surface area contributed by atoms with E-state index in [0.717, 1.165) is 0 Å². The monoisotopic (exact) mass is 327 g/mol. The van der Waals surface area contributed by atoms with Crippen molar-refractivity contribution in [3.63, 3.8) is 0 Å². The van der Waals surface area contributed by atoms with Gasteiger partial charge in [0.05, 0.1) is 19.8 Å². The molecule has 1 amide bonds. The van der Waals surface area contributed by atoms with Gasteiger partial charge in [-0.3, -0.25) is 4.79 Å². The number of rotatable bonds is 5. The molecule has 2 aromatic rings. The van der Waals surface area contributed by atoms with Crippen molar-refractivity contribution >= 4 is 17.8 Å². The molecule has 24 heavy (non-hydrogen) atoms. The summed E-state index contributed by atoms with van der Waals surface area (Å²) in [5.74, 6) is -1.51. The molecule has 6 nitrogen and oxygen atoms in total. The Morgan fingerprint density at radius 3 is 1.96 bits per heavy atom. The molecule has 0 aliphatic rings. The predicted octanol–water partition coefficient (Wildman–Crippen LogP) is 2.12. The lowest BCUT2D eigenvalue weighted by Gasteiger charge is -2.17.